The minimum absolute atomic E-state index is 0.0919. The molecule has 21 heavy (non-hydrogen) atoms. The van der Waals surface area contributed by atoms with Crippen molar-refractivity contribution >= 4 is 11.6 Å². The Kier molecular flexibility index (Phi) is 4.63. The molecule has 1 amide bonds. The summed E-state index contributed by atoms with van der Waals surface area (Å²) < 4.78 is 0. The van der Waals surface area contributed by atoms with Gasteiger partial charge in [0.15, 0.2) is 0 Å². The van der Waals surface area contributed by atoms with Gasteiger partial charge in [-0.05, 0) is 18.6 Å². The van der Waals surface area contributed by atoms with Crippen LogP contribution in [0.1, 0.15) is 21.5 Å². The number of benzene rings is 2. The second-order valence-corrected chi connectivity index (χ2v) is 4.41. The first-order chi connectivity index (χ1) is 10.1. The van der Waals surface area contributed by atoms with Crippen LogP contribution in [0.4, 0.5) is 5.69 Å². The average molecular weight is 286 g/mol. The van der Waals surface area contributed by atoms with Crippen LogP contribution in [0.2, 0.25) is 0 Å². The van der Waals surface area contributed by atoms with Crippen molar-refractivity contribution in [3.05, 3.63) is 75.3 Å². The normalized spacial score (nSPS) is 10.1. The highest BCUT2D eigenvalue weighted by molar-refractivity contribution is 5.95. The minimum atomic E-state index is -0.517. The van der Waals surface area contributed by atoms with Gasteiger partial charge in [0.2, 0.25) is 0 Å². The molecule has 0 saturated heterocycles. The number of hydrogen-bond donors (Lipinski definition) is 1. The Morgan fingerprint density at radius 3 is 2.57 bits per heavy atom. The topological polar surface area (TPSA) is 81.5 Å². The highest BCUT2D eigenvalue weighted by Crippen LogP contribution is 2.20. The highest BCUT2D eigenvalue weighted by atomic mass is 16.7. The first-order valence-corrected chi connectivity index (χ1v) is 6.29. The van der Waals surface area contributed by atoms with Gasteiger partial charge in [-0.3, -0.25) is 19.7 Å². The molecule has 0 radical (unpaired) electrons. The van der Waals surface area contributed by atoms with E-state index in [0.29, 0.717) is 5.56 Å². The molecular weight excluding hydrogens is 272 g/mol. The molecule has 0 unspecified atom stereocenters. The molecule has 6 heteroatoms. The van der Waals surface area contributed by atoms with E-state index in [1.165, 1.54) is 25.1 Å². The molecule has 2 aromatic rings. The molecule has 0 heterocycles. The SMILES string of the molecule is Cc1c(C(=O)NOCc2ccccc2)cccc1[N+](=O)[O-]. The summed E-state index contributed by atoms with van der Waals surface area (Å²) in [7, 11) is 0. The first kappa shape index (κ1) is 14.7. The van der Waals surface area contributed by atoms with Crippen LogP contribution in [0.3, 0.4) is 0 Å². The lowest BCUT2D eigenvalue weighted by atomic mass is 10.1. The van der Waals surface area contributed by atoms with Crippen LogP contribution in [-0.2, 0) is 11.4 Å². The molecule has 0 bridgehead atoms. The van der Waals surface area contributed by atoms with Crippen molar-refractivity contribution in [1.29, 1.82) is 0 Å². The van der Waals surface area contributed by atoms with Gasteiger partial charge in [-0.25, -0.2) is 5.48 Å². The number of carbonyl (C=O) groups is 1. The van der Waals surface area contributed by atoms with E-state index in [0.717, 1.165) is 5.56 Å². The maximum absolute atomic E-state index is 12.0. The summed E-state index contributed by atoms with van der Waals surface area (Å²) in [6.07, 6.45) is 0. The number of hydrogen-bond acceptors (Lipinski definition) is 4. The lowest BCUT2D eigenvalue weighted by Gasteiger charge is -2.08. The third-order valence-corrected chi connectivity index (χ3v) is 2.99. The summed E-state index contributed by atoms with van der Waals surface area (Å²) in [4.78, 5) is 27.4. The fourth-order valence-electron chi connectivity index (χ4n) is 1.88. The molecule has 2 aromatic carbocycles. The second-order valence-electron chi connectivity index (χ2n) is 4.41. The van der Waals surface area contributed by atoms with E-state index in [2.05, 4.69) is 5.48 Å². The van der Waals surface area contributed by atoms with Crippen molar-refractivity contribution in [2.24, 2.45) is 0 Å². The van der Waals surface area contributed by atoms with E-state index in [4.69, 9.17) is 4.84 Å². The van der Waals surface area contributed by atoms with Crippen molar-refractivity contribution in [3.8, 4) is 0 Å². The van der Waals surface area contributed by atoms with Gasteiger partial charge in [0.25, 0.3) is 11.6 Å². The van der Waals surface area contributed by atoms with Crippen molar-refractivity contribution in [1.82, 2.24) is 5.48 Å². The van der Waals surface area contributed by atoms with E-state index < -0.39 is 10.8 Å². The quantitative estimate of drug-likeness (QED) is 0.677. The summed E-state index contributed by atoms with van der Waals surface area (Å²) in [5, 5.41) is 10.8. The Balaban J connectivity index is 2.01. The average Bonchev–Trinajstić information content (AvgIpc) is 2.48. The molecule has 2 rings (SSSR count). The number of nitrogens with zero attached hydrogens (tertiary/aromatic N) is 1. The number of carbonyl (C=O) groups excluding carboxylic acids is 1. The Hall–Kier alpha value is -2.73. The van der Waals surface area contributed by atoms with Crippen LogP contribution in [0.15, 0.2) is 48.5 Å². The molecule has 0 atom stereocenters. The lowest BCUT2D eigenvalue weighted by Crippen LogP contribution is -2.24. The van der Waals surface area contributed by atoms with E-state index in [1.807, 2.05) is 30.3 Å². The maximum Gasteiger partial charge on any atom is 0.275 e. The Morgan fingerprint density at radius 1 is 1.19 bits per heavy atom. The van der Waals surface area contributed by atoms with Gasteiger partial charge in [-0.1, -0.05) is 36.4 Å². The molecule has 0 aromatic heterocycles. The maximum atomic E-state index is 12.0. The van der Waals surface area contributed by atoms with Crippen molar-refractivity contribution < 1.29 is 14.6 Å². The van der Waals surface area contributed by atoms with E-state index in [-0.39, 0.29) is 17.9 Å². The molecule has 0 aliphatic rings. The summed E-state index contributed by atoms with van der Waals surface area (Å²) in [6, 6.07) is 13.7. The fourth-order valence-corrected chi connectivity index (χ4v) is 1.88. The number of amides is 1. The van der Waals surface area contributed by atoms with Crippen LogP contribution in [0.5, 0.6) is 0 Å². The van der Waals surface area contributed by atoms with E-state index >= 15 is 0 Å². The summed E-state index contributed by atoms with van der Waals surface area (Å²) in [5.41, 5.74) is 3.64. The number of hydroxylamine groups is 1. The Morgan fingerprint density at radius 2 is 1.90 bits per heavy atom. The fraction of sp³-hybridized carbons (Fsp3) is 0.133. The monoisotopic (exact) mass is 286 g/mol. The standard InChI is InChI=1S/C15H14N2O4/c1-11-13(8-5-9-14(11)17(19)20)15(18)16-21-10-12-6-3-2-4-7-12/h2-9H,10H2,1H3,(H,16,18). The number of rotatable bonds is 5. The third kappa shape index (κ3) is 3.64. The van der Waals surface area contributed by atoms with Gasteiger partial charge >= 0.3 is 0 Å². The van der Waals surface area contributed by atoms with Crippen LogP contribution in [0, 0.1) is 17.0 Å². The van der Waals surface area contributed by atoms with Gasteiger partial charge < -0.3 is 0 Å². The van der Waals surface area contributed by atoms with Crippen LogP contribution in [0.25, 0.3) is 0 Å². The lowest BCUT2D eigenvalue weighted by molar-refractivity contribution is -0.385. The van der Waals surface area contributed by atoms with Crippen LogP contribution < -0.4 is 5.48 Å². The molecule has 6 nitrogen and oxygen atoms in total. The molecular formula is C15H14N2O4. The molecule has 0 spiro atoms. The largest absolute Gasteiger partial charge is 0.275 e. The molecule has 0 aliphatic carbocycles. The van der Waals surface area contributed by atoms with E-state index in [1.54, 1.807) is 0 Å². The smallest absolute Gasteiger partial charge is 0.269 e. The van der Waals surface area contributed by atoms with Crippen molar-refractivity contribution in [2.75, 3.05) is 0 Å². The third-order valence-electron chi connectivity index (χ3n) is 2.99. The van der Waals surface area contributed by atoms with Gasteiger partial charge in [0.1, 0.15) is 0 Å². The summed E-state index contributed by atoms with van der Waals surface area (Å²) in [6.45, 7) is 1.75. The zero-order valence-electron chi connectivity index (χ0n) is 11.4. The number of nitro groups is 1. The predicted molar refractivity (Wildman–Crippen MR) is 76.5 cm³/mol. The van der Waals surface area contributed by atoms with Crippen molar-refractivity contribution in [3.63, 3.8) is 0 Å². The van der Waals surface area contributed by atoms with Crippen LogP contribution >= 0.6 is 0 Å². The summed E-state index contributed by atoms with van der Waals surface area (Å²) >= 11 is 0. The second kappa shape index (κ2) is 6.62. The minimum Gasteiger partial charge on any atom is -0.269 e. The molecule has 108 valence electrons. The van der Waals surface area contributed by atoms with Gasteiger partial charge in [0.05, 0.1) is 17.1 Å². The zero-order valence-corrected chi connectivity index (χ0v) is 11.4. The summed E-state index contributed by atoms with van der Waals surface area (Å²) in [5.74, 6) is -0.507. The molecule has 1 N–H and O–H groups in total. The van der Waals surface area contributed by atoms with Crippen LogP contribution in [-0.4, -0.2) is 10.8 Å². The number of nitrogens with one attached hydrogen (secondary N) is 1. The number of nitro benzene ring substituents is 1. The van der Waals surface area contributed by atoms with Gasteiger partial charge in [0, 0.05) is 11.6 Å². The van der Waals surface area contributed by atoms with Gasteiger partial charge in [-0.2, -0.15) is 0 Å². The van der Waals surface area contributed by atoms with Crippen molar-refractivity contribution in [2.45, 2.75) is 13.5 Å². The first-order valence-electron chi connectivity index (χ1n) is 6.29. The predicted octanol–water partition coefficient (Wildman–Crippen LogP) is 2.76. The molecule has 0 saturated carbocycles. The van der Waals surface area contributed by atoms with E-state index in [9.17, 15) is 14.9 Å². The zero-order chi connectivity index (χ0) is 15.2. The van der Waals surface area contributed by atoms with Gasteiger partial charge in [-0.15, -0.1) is 0 Å². The Bertz CT molecular complexity index is 656. The molecule has 0 fully saturated rings. The highest BCUT2D eigenvalue weighted by Gasteiger charge is 2.17. The molecule has 0 aliphatic heterocycles. The Labute approximate surface area is 121 Å².